The van der Waals surface area contributed by atoms with Crippen LogP contribution in [0.5, 0.6) is 5.75 Å². The van der Waals surface area contributed by atoms with Crippen molar-refractivity contribution in [1.29, 1.82) is 0 Å². The van der Waals surface area contributed by atoms with Crippen LogP contribution in [-0.2, 0) is 19.2 Å². The molecule has 33 heavy (non-hydrogen) atoms. The number of carbonyl (C=O) groups excluding carboxylic acids is 3. The van der Waals surface area contributed by atoms with Gasteiger partial charge in [-0.2, -0.15) is 4.98 Å². The second-order valence-corrected chi connectivity index (χ2v) is 8.39. The molecule has 7 N–H and O–H groups in total. The van der Waals surface area contributed by atoms with Gasteiger partial charge in [0.05, 0.1) is 0 Å². The number of H-pyrrole nitrogens is 1. The number of benzene rings is 1. The van der Waals surface area contributed by atoms with Crippen molar-refractivity contribution in [2.75, 3.05) is 11.1 Å². The molecule has 0 radical (unpaired) electrons. The van der Waals surface area contributed by atoms with E-state index in [-0.39, 0.29) is 34.5 Å². The van der Waals surface area contributed by atoms with Crippen molar-refractivity contribution >= 4 is 47.0 Å². The molecule has 2 unspecified atom stereocenters. The first-order chi connectivity index (χ1) is 15.7. The molecule has 172 valence electrons. The van der Waals surface area contributed by atoms with Crippen LogP contribution in [0.25, 0.3) is 5.57 Å². The van der Waals surface area contributed by atoms with Crippen molar-refractivity contribution in [2.24, 2.45) is 5.73 Å². The van der Waals surface area contributed by atoms with Crippen LogP contribution >= 0.6 is 11.8 Å². The van der Waals surface area contributed by atoms with E-state index in [0.29, 0.717) is 5.56 Å². The summed E-state index contributed by atoms with van der Waals surface area (Å²) in [6.07, 6.45) is 0. The zero-order chi connectivity index (χ0) is 23.9. The van der Waals surface area contributed by atoms with Crippen molar-refractivity contribution < 1.29 is 29.4 Å². The molecule has 0 bridgehead atoms. The molecule has 1 aromatic carbocycles. The summed E-state index contributed by atoms with van der Waals surface area (Å²) < 4.78 is 0. The van der Waals surface area contributed by atoms with Gasteiger partial charge in [-0.25, -0.2) is 4.79 Å². The van der Waals surface area contributed by atoms with E-state index in [1.54, 1.807) is 0 Å². The third kappa shape index (κ3) is 4.12. The third-order valence-electron chi connectivity index (χ3n) is 5.06. The molecule has 2 aromatic rings. The van der Waals surface area contributed by atoms with Crippen molar-refractivity contribution in [2.45, 2.75) is 24.4 Å². The molecule has 3 amide bonds. The van der Waals surface area contributed by atoms with Gasteiger partial charge in [-0.3, -0.25) is 29.7 Å². The van der Waals surface area contributed by atoms with Gasteiger partial charge in [0.25, 0.3) is 5.91 Å². The molecule has 4 rings (SSSR count). The van der Waals surface area contributed by atoms with Crippen LogP contribution in [0.4, 0.5) is 5.95 Å². The number of anilines is 1. The van der Waals surface area contributed by atoms with E-state index in [1.807, 2.05) is 0 Å². The first kappa shape index (κ1) is 22.3. The Morgan fingerprint density at radius 3 is 2.64 bits per heavy atom. The summed E-state index contributed by atoms with van der Waals surface area (Å²) in [5, 5.41) is 29.9. The predicted molar refractivity (Wildman–Crippen MR) is 115 cm³/mol. The lowest BCUT2D eigenvalue weighted by Gasteiger charge is -2.49. The Bertz CT molecular complexity index is 1180. The molecule has 1 saturated heterocycles. The number of aliphatic carboxylic acids is 1. The van der Waals surface area contributed by atoms with E-state index in [1.165, 1.54) is 43.0 Å². The number of aromatic amines is 1. The number of aromatic hydroxyl groups is 1. The Morgan fingerprint density at radius 1 is 1.30 bits per heavy atom. The number of nitrogens with two attached hydrogens (primary N) is 1. The monoisotopic (exact) mass is 473 g/mol. The van der Waals surface area contributed by atoms with Gasteiger partial charge in [0.1, 0.15) is 28.9 Å². The summed E-state index contributed by atoms with van der Waals surface area (Å²) in [5.74, 6) is -2.67. The minimum Gasteiger partial charge on any atom is -0.508 e. The lowest BCUT2D eigenvalue weighted by Crippen LogP contribution is -2.71. The molecular weight excluding hydrogens is 454 g/mol. The highest BCUT2D eigenvalue weighted by Gasteiger charge is 2.54. The van der Waals surface area contributed by atoms with Gasteiger partial charge in [0.2, 0.25) is 17.8 Å². The van der Waals surface area contributed by atoms with E-state index in [0.717, 1.165) is 4.90 Å². The van der Waals surface area contributed by atoms with E-state index in [4.69, 9.17) is 5.73 Å². The van der Waals surface area contributed by atoms with Crippen LogP contribution in [0.3, 0.4) is 0 Å². The number of carbonyl (C=O) groups is 4. The molecule has 2 aliphatic heterocycles. The summed E-state index contributed by atoms with van der Waals surface area (Å²) in [4.78, 5) is 53.7. The average molecular weight is 473 g/mol. The molecule has 1 fully saturated rings. The second-order valence-electron chi connectivity index (χ2n) is 7.29. The van der Waals surface area contributed by atoms with E-state index in [2.05, 4.69) is 25.8 Å². The molecule has 3 atom stereocenters. The number of amides is 3. The summed E-state index contributed by atoms with van der Waals surface area (Å²) in [5.41, 5.74) is 6.36. The molecule has 13 nitrogen and oxygen atoms in total. The number of hydrogen-bond acceptors (Lipinski definition) is 9. The number of carboxylic acid groups (broad SMARTS) is 1. The highest BCUT2D eigenvalue weighted by atomic mass is 32.2. The van der Waals surface area contributed by atoms with Crippen LogP contribution in [0, 0.1) is 0 Å². The van der Waals surface area contributed by atoms with E-state index >= 15 is 0 Å². The molecule has 1 aromatic heterocycles. The molecule has 3 heterocycles. The molecule has 14 heteroatoms. The number of carboxylic acids is 1. The van der Waals surface area contributed by atoms with E-state index < -0.39 is 41.1 Å². The van der Waals surface area contributed by atoms with Gasteiger partial charge in [0, 0.05) is 18.2 Å². The highest BCUT2D eigenvalue weighted by molar-refractivity contribution is 8.00. The predicted octanol–water partition coefficient (Wildman–Crippen LogP) is -0.636. The normalized spacial score (nSPS) is 20.5. The molecular formula is C19H19N7O6S. The number of phenolic OH excluding ortho intramolecular Hbond substituents is 1. The number of β-lactam (4-membered cyclic amide) rings is 1. The molecule has 2 aliphatic rings. The van der Waals surface area contributed by atoms with Gasteiger partial charge >= 0.3 is 5.97 Å². The van der Waals surface area contributed by atoms with Gasteiger partial charge in [-0.1, -0.05) is 12.1 Å². The van der Waals surface area contributed by atoms with Crippen LogP contribution < -0.4 is 16.4 Å². The lowest BCUT2D eigenvalue weighted by atomic mass is 10.0. The number of aromatic nitrogens is 3. The Morgan fingerprint density at radius 2 is 2.00 bits per heavy atom. The third-order valence-corrected chi connectivity index (χ3v) is 6.34. The summed E-state index contributed by atoms with van der Waals surface area (Å²) in [6.45, 7) is 1.28. The molecule has 0 aliphatic carbocycles. The fraction of sp³-hybridized carbons (Fsp3) is 0.263. The number of nitrogens with one attached hydrogen (secondary N) is 3. The summed E-state index contributed by atoms with van der Waals surface area (Å²) in [6, 6.07) is 3.74. The highest BCUT2D eigenvalue weighted by Crippen LogP contribution is 2.42. The largest absolute Gasteiger partial charge is 0.508 e. The number of fused-ring (bicyclic) bond motifs is 1. The first-order valence-electron chi connectivity index (χ1n) is 9.63. The Hall–Kier alpha value is -3.91. The maximum atomic E-state index is 12.8. The Kier molecular flexibility index (Phi) is 5.78. The topological polar surface area (TPSA) is 204 Å². The van der Waals surface area contributed by atoms with Gasteiger partial charge in [0.15, 0.2) is 5.82 Å². The fourth-order valence-electron chi connectivity index (χ4n) is 3.49. The number of phenols is 1. The number of rotatable bonds is 6. The lowest BCUT2D eigenvalue weighted by molar-refractivity contribution is -0.150. The molecule has 0 spiro atoms. The minimum atomic E-state index is -1.34. The van der Waals surface area contributed by atoms with Crippen LogP contribution in [0.1, 0.15) is 24.4 Å². The first-order valence-corrected chi connectivity index (χ1v) is 10.7. The van der Waals surface area contributed by atoms with Crippen LogP contribution in [-0.4, -0.2) is 71.2 Å². The van der Waals surface area contributed by atoms with Crippen molar-refractivity contribution in [3.05, 3.63) is 41.4 Å². The number of hydrogen-bond donors (Lipinski definition) is 6. The van der Waals surface area contributed by atoms with Gasteiger partial charge in [-0.15, -0.1) is 16.9 Å². The van der Waals surface area contributed by atoms with Crippen LogP contribution in [0.15, 0.2) is 30.0 Å². The maximum Gasteiger partial charge on any atom is 0.353 e. The van der Waals surface area contributed by atoms with Crippen molar-refractivity contribution in [1.82, 2.24) is 25.4 Å². The zero-order valence-corrected chi connectivity index (χ0v) is 17.9. The Labute approximate surface area is 190 Å². The summed E-state index contributed by atoms with van der Waals surface area (Å²) >= 11 is 1.24. The standard InChI is InChI=1S/C19H19N7O6S/c1-7(27)21-19-23-14(24-25-19)10-6-33-17-12(16(30)26(17)13(10)18(31)32)22-15(29)11(20)8-2-4-9(28)5-3-8/h2-5,11-12,17,28H,6,20H2,1H3,(H,22,29)(H,31,32)(H2,21,23,24,25,27)/t11?,12?,17-/m1/s1. The van der Waals surface area contributed by atoms with Crippen molar-refractivity contribution in [3.63, 3.8) is 0 Å². The average Bonchev–Trinajstić information content (AvgIpc) is 3.23. The second kappa shape index (κ2) is 8.55. The SMILES string of the molecule is CC(=O)Nc1n[nH]c(C2=C(C(=O)O)N3C(=O)C(NC(=O)C(N)c4ccc(O)cc4)[C@H]3SC2)n1. The van der Waals surface area contributed by atoms with Gasteiger partial charge in [-0.05, 0) is 17.7 Å². The molecule has 0 saturated carbocycles. The number of nitrogens with zero attached hydrogens (tertiary/aromatic N) is 3. The van der Waals surface area contributed by atoms with Crippen molar-refractivity contribution in [3.8, 4) is 5.75 Å². The summed E-state index contributed by atoms with van der Waals surface area (Å²) in [7, 11) is 0. The zero-order valence-electron chi connectivity index (χ0n) is 17.1. The maximum absolute atomic E-state index is 12.8. The quantitative estimate of drug-likeness (QED) is 0.293. The fourth-order valence-corrected chi connectivity index (χ4v) is 4.83. The smallest absolute Gasteiger partial charge is 0.353 e. The number of thioether (sulfide) groups is 1. The minimum absolute atomic E-state index is 0.0227. The van der Waals surface area contributed by atoms with Gasteiger partial charge < -0.3 is 21.3 Å². The Balaban J connectivity index is 1.52. The van der Waals surface area contributed by atoms with Crippen LogP contribution in [0.2, 0.25) is 0 Å². The van der Waals surface area contributed by atoms with E-state index in [9.17, 15) is 29.4 Å².